The molecule has 0 saturated heterocycles. The largest absolute Gasteiger partial charge is 0.456 e. The average Bonchev–Trinajstić information content (AvgIpc) is 4.14. The second-order valence-corrected chi connectivity index (χ2v) is 19.6. The van der Waals surface area contributed by atoms with Crippen molar-refractivity contribution < 1.29 is 4.42 Å². The standard InChI is InChI=1S/C66H43N5O/c1-66(2)55-27-14-12-25-47(55)49-36-52-50-34-43(42-29-31-57-51(35-42)53-37-54-48-26-13-15-28-61(48)72-62(54)39-60(53)70(57)45-22-10-5-11-23-45)30-32-58(50)71(59(52)38-56(49)66)46-24-16-21-44(33-46)65-68-63(40-17-6-3-7-18-40)67-64(69-65)41-19-8-4-9-20-41/h3-39H,1-2H3. The Hall–Kier alpha value is -9.39. The molecule has 1 aliphatic rings. The summed E-state index contributed by atoms with van der Waals surface area (Å²) in [6.07, 6.45) is 0. The van der Waals surface area contributed by atoms with Crippen LogP contribution in [0.3, 0.4) is 0 Å². The third-order valence-corrected chi connectivity index (χ3v) is 15.1. The molecule has 338 valence electrons. The van der Waals surface area contributed by atoms with Gasteiger partial charge < -0.3 is 13.6 Å². The molecule has 0 amide bonds. The summed E-state index contributed by atoms with van der Waals surface area (Å²) in [5, 5.41) is 7.02. The molecule has 0 N–H and O–H groups in total. The molecule has 0 fully saturated rings. The first-order valence-corrected chi connectivity index (χ1v) is 24.6. The number of para-hydroxylation sites is 2. The maximum Gasteiger partial charge on any atom is 0.164 e. The van der Waals surface area contributed by atoms with Crippen molar-refractivity contribution in [3.8, 4) is 67.8 Å². The van der Waals surface area contributed by atoms with Gasteiger partial charge in [-0.3, -0.25) is 0 Å². The monoisotopic (exact) mass is 921 g/mol. The van der Waals surface area contributed by atoms with Crippen molar-refractivity contribution >= 4 is 65.6 Å². The second kappa shape index (κ2) is 15.3. The van der Waals surface area contributed by atoms with Crippen LogP contribution in [0, 0.1) is 0 Å². The molecule has 1 aliphatic carbocycles. The van der Waals surface area contributed by atoms with Crippen LogP contribution in [-0.4, -0.2) is 24.1 Å². The smallest absolute Gasteiger partial charge is 0.164 e. The Morgan fingerprint density at radius 1 is 0.319 bits per heavy atom. The van der Waals surface area contributed by atoms with Crippen molar-refractivity contribution in [1.29, 1.82) is 0 Å². The molecule has 72 heavy (non-hydrogen) atoms. The zero-order chi connectivity index (χ0) is 47.7. The van der Waals surface area contributed by atoms with Gasteiger partial charge in [-0.25, -0.2) is 15.0 Å². The van der Waals surface area contributed by atoms with Crippen LogP contribution in [0.4, 0.5) is 0 Å². The Morgan fingerprint density at radius 3 is 1.54 bits per heavy atom. The highest BCUT2D eigenvalue weighted by Crippen LogP contribution is 2.51. The van der Waals surface area contributed by atoms with Gasteiger partial charge in [0.2, 0.25) is 0 Å². The number of fused-ring (bicyclic) bond motifs is 12. The van der Waals surface area contributed by atoms with Crippen LogP contribution in [0.25, 0.3) is 133 Å². The molecular formula is C66H43N5O. The molecule has 6 nitrogen and oxygen atoms in total. The number of aromatic nitrogens is 5. The molecule has 0 radical (unpaired) electrons. The molecule has 0 aliphatic heterocycles. The topological polar surface area (TPSA) is 61.7 Å². The van der Waals surface area contributed by atoms with Gasteiger partial charge in [0.15, 0.2) is 17.5 Å². The van der Waals surface area contributed by atoms with Crippen LogP contribution in [0.1, 0.15) is 25.0 Å². The zero-order valence-corrected chi connectivity index (χ0v) is 39.5. The molecule has 0 atom stereocenters. The van der Waals surface area contributed by atoms with E-state index < -0.39 is 0 Å². The van der Waals surface area contributed by atoms with Gasteiger partial charge in [-0.15, -0.1) is 0 Å². The molecule has 4 heterocycles. The van der Waals surface area contributed by atoms with Gasteiger partial charge in [-0.1, -0.05) is 159 Å². The van der Waals surface area contributed by atoms with Gasteiger partial charge in [0.1, 0.15) is 11.2 Å². The van der Waals surface area contributed by atoms with E-state index >= 15 is 0 Å². The van der Waals surface area contributed by atoms with E-state index in [1.54, 1.807) is 0 Å². The highest BCUT2D eigenvalue weighted by molar-refractivity contribution is 6.18. The predicted octanol–water partition coefficient (Wildman–Crippen LogP) is 16.9. The van der Waals surface area contributed by atoms with Gasteiger partial charge in [0.25, 0.3) is 0 Å². The zero-order valence-electron chi connectivity index (χ0n) is 39.5. The minimum atomic E-state index is -0.177. The Balaban J connectivity index is 0.945. The summed E-state index contributed by atoms with van der Waals surface area (Å²) in [4.78, 5) is 15.2. The van der Waals surface area contributed by atoms with Crippen LogP contribution < -0.4 is 0 Å². The Bertz CT molecular complexity index is 4470. The number of hydrogen-bond donors (Lipinski definition) is 0. The van der Waals surface area contributed by atoms with Gasteiger partial charge in [-0.05, 0) is 106 Å². The van der Waals surface area contributed by atoms with Gasteiger partial charge in [0, 0.05) is 71.9 Å². The Kier molecular flexibility index (Phi) is 8.61. The molecule has 0 unspecified atom stereocenters. The van der Waals surface area contributed by atoms with Crippen molar-refractivity contribution in [3.63, 3.8) is 0 Å². The van der Waals surface area contributed by atoms with Crippen LogP contribution in [0.2, 0.25) is 0 Å². The highest BCUT2D eigenvalue weighted by Gasteiger charge is 2.36. The maximum absolute atomic E-state index is 6.46. The third kappa shape index (κ3) is 6.05. The fraction of sp³-hybridized carbons (Fsp3) is 0.0455. The normalized spacial score (nSPS) is 13.0. The predicted molar refractivity (Wildman–Crippen MR) is 295 cm³/mol. The van der Waals surface area contributed by atoms with Crippen molar-refractivity contribution in [2.24, 2.45) is 0 Å². The van der Waals surface area contributed by atoms with Crippen molar-refractivity contribution in [1.82, 2.24) is 24.1 Å². The third-order valence-electron chi connectivity index (χ3n) is 15.1. The van der Waals surface area contributed by atoms with E-state index in [1.165, 1.54) is 43.8 Å². The van der Waals surface area contributed by atoms with Crippen LogP contribution in [-0.2, 0) is 5.41 Å². The first-order valence-electron chi connectivity index (χ1n) is 24.6. The van der Waals surface area contributed by atoms with Crippen LogP contribution in [0.15, 0.2) is 229 Å². The molecule has 10 aromatic carbocycles. The van der Waals surface area contributed by atoms with E-state index in [-0.39, 0.29) is 5.41 Å². The fourth-order valence-electron chi connectivity index (χ4n) is 11.7. The lowest BCUT2D eigenvalue weighted by Gasteiger charge is -2.21. The molecule has 0 saturated carbocycles. The second-order valence-electron chi connectivity index (χ2n) is 19.6. The van der Waals surface area contributed by atoms with E-state index in [2.05, 4.69) is 205 Å². The summed E-state index contributed by atoms with van der Waals surface area (Å²) in [5.74, 6) is 1.89. The van der Waals surface area contributed by atoms with Crippen molar-refractivity contribution in [3.05, 3.63) is 236 Å². The van der Waals surface area contributed by atoms with Gasteiger partial charge in [-0.2, -0.15) is 0 Å². The summed E-state index contributed by atoms with van der Waals surface area (Å²) in [6.45, 7) is 4.71. The Labute approximate surface area is 414 Å². The van der Waals surface area contributed by atoms with Gasteiger partial charge >= 0.3 is 0 Å². The molecule has 0 bridgehead atoms. The van der Waals surface area contributed by atoms with Crippen LogP contribution >= 0.6 is 0 Å². The minimum Gasteiger partial charge on any atom is -0.456 e. The summed E-state index contributed by atoms with van der Waals surface area (Å²) in [7, 11) is 0. The van der Waals surface area contributed by atoms with Gasteiger partial charge in [0.05, 0.1) is 22.1 Å². The minimum absolute atomic E-state index is 0.177. The summed E-state index contributed by atoms with van der Waals surface area (Å²) in [6, 6.07) is 80.3. The van der Waals surface area contributed by atoms with Crippen molar-refractivity contribution in [2.45, 2.75) is 19.3 Å². The summed E-state index contributed by atoms with van der Waals surface area (Å²) in [5.41, 5.74) is 18.7. The first kappa shape index (κ1) is 40.5. The average molecular weight is 922 g/mol. The van der Waals surface area contributed by atoms with E-state index in [4.69, 9.17) is 19.4 Å². The maximum atomic E-state index is 6.46. The number of benzene rings is 10. The van der Waals surface area contributed by atoms with E-state index in [0.29, 0.717) is 17.5 Å². The summed E-state index contributed by atoms with van der Waals surface area (Å²) >= 11 is 0. The van der Waals surface area contributed by atoms with E-state index in [1.807, 2.05) is 42.5 Å². The first-order chi connectivity index (χ1) is 35.4. The van der Waals surface area contributed by atoms with Crippen LogP contribution in [0.5, 0.6) is 0 Å². The number of furan rings is 1. The number of hydrogen-bond acceptors (Lipinski definition) is 4. The molecule has 0 spiro atoms. The van der Waals surface area contributed by atoms with Crippen molar-refractivity contribution in [2.75, 3.05) is 0 Å². The molecular weight excluding hydrogens is 879 g/mol. The Morgan fingerprint density at radius 2 is 0.847 bits per heavy atom. The number of rotatable bonds is 6. The quantitative estimate of drug-likeness (QED) is 0.167. The highest BCUT2D eigenvalue weighted by atomic mass is 16.3. The lowest BCUT2D eigenvalue weighted by Crippen LogP contribution is -2.14. The molecule has 4 aromatic heterocycles. The SMILES string of the molecule is CC1(C)c2ccccc2-c2cc3c4cc(-c5ccc6c(c5)c5cc7c(cc5n6-c5ccccc5)oc5ccccc57)ccc4n(-c4cccc(-c5nc(-c6ccccc6)nc(-c6ccccc6)n5)c4)c3cc21. The lowest BCUT2D eigenvalue weighted by atomic mass is 9.82. The molecule has 6 heteroatoms. The molecule has 14 aromatic rings. The molecule has 15 rings (SSSR count). The number of nitrogens with zero attached hydrogens (tertiary/aromatic N) is 5. The lowest BCUT2D eigenvalue weighted by molar-refractivity contribution is 0.661. The fourth-order valence-corrected chi connectivity index (χ4v) is 11.7. The summed E-state index contributed by atoms with van der Waals surface area (Å²) < 4.78 is 11.3. The van der Waals surface area contributed by atoms with E-state index in [9.17, 15) is 0 Å². The van der Waals surface area contributed by atoms with E-state index in [0.717, 1.165) is 83.2 Å².